The van der Waals surface area contributed by atoms with Crippen LogP contribution in [0.2, 0.25) is 0 Å². The molecule has 1 N–H and O–H groups in total. The van der Waals surface area contributed by atoms with Gasteiger partial charge >= 0.3 is 5.97 Å². The van der Waals surface area contributed by atoms with Gasteiger partial charge in [-0.15, -0.1) is 5.10 Å². The van der Waals surface area contributed by atoms with Gasteiger partial charge in [0.1, 0.15) is 5.52 Å². The molecule has 8 heteroatoms. The lowest BCUT2D eigenvalue weighted by Gasteiger charge is -2.31. The van der Waals surface area contributed by atoms with Gasteiger partial charge in [-0.2, -0.15) is 0 Å². The second-order valence-electron chi connectivity index (χ2n) is 11.7. The zero-order chi connectivity index (χ0) is 28.1. The topological polar surface area (TPSA) is 97.5 Å². The first kappa shape index (κ1) is 25.9. The van der Waals surface area contributed by atoms with E-state index in [1.165, 1.54) is 5.56 Å². The largest absolute Gasteiger partial charge is 0.481 e. The molecule has 0 spiro atoms. The highest BCUT2D eigenvalue weighted by atomic mass is 16.5. The van der Waals surface area contributed by atoms with E-state index < -0.39 is 5.97 Å². The number of ether oxygens (including phenoxy) is 1. The molecule has 1 atom stereocenters. The van der Waals surface area contributed by atoms with Crippen molar-refractivity contribution in [2.75, 3.05) is 13.2 Å². The number of rotatable bonds is 3. The van der Waals surface area contributed by atoms with Gasteiger partial charge in [0.05, 0.1) is 18.5 Å². The number of aromatic nitrogens is 3. The molecule has 41 heavy (non-hydrogen) atoms. The van der Waals surface area contributed by atoms with Crippen LogP contribution in [0.25, 0.3) is 11.0 Å². The highest BCUT2D eigenvalue weighted by molar-refractivity contribution is 5.96. The van der Waals surface area contributed by atoms with E-state index in [4.69, 9.17) is 4.74 Å². The summed E-state index contributed by atoms with van der Waals surface area (Å²) in [7, 11) is 0. The number of benzene rings is 3. The van der Waals surface area contributed by atoms with Gasteiger partial charge < -0.3 is 14.7 Å². The molecule has 9 bridgehead atoms. The fourth-order valence-electron chi connectivity index (χ4n) is 6.58. The monoisotopic (exact) mass is 550 g/mol. The summed E-state index contributed by atoms with van der Waals surface area (Å²) >= 11 is 0. The highest BCUT2D eigenvalue weighted by Gasteiger charge is 2.31. The van der Waals surface area contributed by atoms with Crippen LogP contribution in [0.5, 0.6) is 0 Å². The smallest absolute Gasteiger partial charge is 0.304 e. The van der Waals surface area contributed by atoms with Crippen LogP contribution < -0.4 is 0 Å². The first-order valence-electron chi connectivity index (χ1n) is 14.6. The standard InChI is InChI=1S/C33H34N4O4/c1-20-26-9-10-30-32(20)34-35-37(30)12-2-14-41-19-21-3-8-27(28(15-21)23-5-6-23)33(40)36-13-11-22-4-7-24(16-25(22)18-36)29(26)17-31(38)39/h3-4,7-10,15-16,23,29H,2,5-6,11-14,17-19H2,1H3,(H,38,39). The Morgan fingerprint density at radius 3 is 2.76 bits per heavy atom. The summed E-state index contributed by atoms with van der Waals surface area (Å²) in [5, 5.41) is 18.8. The van der Waals surface area contributed by atoms with Crippen molar-refractivity contribution < 1.29 is 19.4 Å². The summed E-state index contributed by atoms with van der Waals surface area (Å²) in [6.07, 6.45) is 3.78. The first-order valence-corrected chi connectivity index (χ1v) is 14.6. The zero-order valence-corrected chi connectivity index (χ0v) is 23.3. The summed E-state index contributed by atoms with van der Waals surface area (Å²) in [4.78, 5) is 27.9. The number of hydrogen-bond donors (Lipinski definition) is 1. The van der Waals surface area contributed by atoms with Gasteiger partial charge in [0.15, 0.2) is 0 Å². The Balaban J connectivity index is 1.32. The fraction of sp³-hybridized carbons (Fsp3) is 0.394. The molecule has 1 amide bonds. The molecule has 0 radical (unpaired) electrons. The minimum absolute atomic E-state index is 0.0314. The van der Waals surface area contributed by atoms with E-state index >= 15 is 0 Å². The predicted octanol–water partition coefficient (Wildman–Crippen LogP) is 5.34. The van der Waals surface area contributed by atoms with E-state index in [1.54, 1.807) is 0 Å². The normalized spacial score (nSPS) is 19.3. The lowest BCUT2D eigenvalue weighted by atomic mass is 9.83. The zero-order valence-electron chi connectivity index (χ0n) is 23.3. The Bertz CT molecular complexity index is 1670. The van der Waals surface area contributed by atoms with E-state index in [-0.39, 0.29) is 18.2 Å². The third-order valence-corrected chi connectivity index (χ3v) is 8.96. The molecule has 4 aromatic rings. The second-order valence-corrected chi connectivity index (χ2v) is 11.7. The molecule has 3 aromatic carbocycles. The van der Waals surface area contributed by atoms with Gasteiger partial charge in [-0.3, -0.25) is 9.59 Å². The van der Waals surface area contributed by atoms with E-state index in [0.29, 0.717) is 38.8 Å². The number of aryl methyl sites for hydroxylation is 2. The highest BCUT2D eigenvalue weighted by Crippen LogP contribution is 2.43. The van der Waals surface area contributed by atoms with Crippen LogP contribution in [0, 0.1) is 6.92 Å². The second kappa shape index (κ2) is 10.4. The van der Waals surface area contributed by atoms with Crippen molar-refractivity contribution in [3.63, 3.8) is 0 Å². The number of nitrogens with zero attached hydrogens (tertiary/aromatic N) is 4. The summed E-state index contributed by atoms with van der Waals surface area (Å²) in [6, 6.07) is 16.5. The molecule has 0 saturated heterocycles. The van der Waals surface area contributed by atoms with Crippen LogP contribution in [0.15, 0.2) is 48.5 Å². The maximum atomic E-state index is 13.9. The van der Waals surface area contributed by atoms with Gasteiger partial charge in [0.2, 0.25) is 0 Å². The maximum absolute atomic E-state index is 13.9. The summed E-state index contributed by atoms with van der Waals surface area (Å²) in [6.45, 7) is 4.97. The van der Waals surface area contributed by atoms with E-state index in [2.05, 4.69) is 34.6 Å². The third kappa shape index (κ3) is 4.90. The van der Waals surface area contributed by atoms with Gasteiger partial charge in [-0.25, -0.2) is 4.68 Å². The minimum Gasteiger partial charge on any atom is -0.481 e. The fourth-order valence-corrected chi connectivity index (χ4v) is 6.58. The molecule has 1 unspecified atom stereocenters. The van der Waals surface area contributed by atoms with Crippen molar-refractivity contribution in [1.29, 1.82) is 0 Å². The molecule has 1 fully saturated rings. The van der Waals surface area contributed by atoms with Crippen molar-refractivity contribution in [3.05, 3.63) is 93.0 Å². The minimum atomic E-state index is -0.853. The molecule has 1 saturated carbocycles. The van der Waals surface area contributed by atoms with Gasteiger partial charge in [0, 0.05) is 37.7 Å². The van der Waals surface area contributed by atoms with Crippen molar-refractivity contribution in [2.24, 2.45) is 0 Å². The van der Waals surface area contributed by atoms with Crippen LogP contribution >= 0.6 is 0 Å². The molecule has 1 aliphatic carbocycles. The number of carbonyl (C=O) groups excluding carboxylic acids is 1. The average molecular weight is 551 g/mol. The number of aliphatic carboxylic acids is 1. The number of carboxylic acid groups (broad SMARTS) is 1. The molecule has 6 aliphatic rings. The molecule has 8 nitrogen and oxygen atoms in total. The number of carboxylic acids is 1. The van der Waals surface area contributed by atoms with Crippen LogP contribution in [-0.4, -0.2) is 50.0 Å². The third-order valence-electron chi connectivity index (χ3n) is 8.96. The molecule has 10 rings (SSSR count). The Hall–Kier alpha value is -4.04. The van der Waals surface area contributed by atoms with Crippen LogP contribution in [-0.2, 0) is 35.6 Å². The molecular weight excluding hydrogens is 516 g/mol. The summed E-state index contributed by atoms with van der Waals surface area (Å²) in [5.41, 5.74) is 9.93. The lowest BCUT2D eigenvalue weighted by molar-refractivity contribution is -0.137. The molecule has 5 aliphatic heterocycles. The van der Waals surface area contributed by atoms with Crippen LogP contribution in [0.3, 0.4) is 0 Å². The van der Waals surface area contributed by atoms with Crippen LogP contribution in [0.4, 0.5) is 0 Å². The first-order chi connectivity index (χ1) is 20.0. The summed E-state index contributed by atoms with van der Waals surface area (Å²) in [5.74, 6) is -0.672. The van der Waals surface area contributed by atoms with Crippen molar-refractivity contribution >= 4 is 22.9 Å². The SMILES string of the molecule is Cc1c2ccc3c1nnn3CCCOCc1ccc(c(C3CC3)c1)C(=O)N1CCc3ccc(cc3C1)C2CC(=O)O. The Kier molecular flexibility index (Phi) is 6.58. The predicted molar refractivity (Wildman–Crippen MR) is 154 cm³/mol. The number of hydrogen-bond acceptors (Lipinski definition) is 5. The quantitative estimate of drug-likeness (QED) is 0.370. The number of carbonyl (C=O) groups is 2. The maximum Gasteiger partial charge on any atom is 0.304 e. The van der Waals surface area contributed by atoms with Crippen molar-refractivity contribution in [2.45, 2.75) is 70.6 Å². The van der Waals surface area contributed by atoms with E-state index in [0.717, 1.165) is 75.7 Å². The van der Waals surface area contributed by atoms with Crippen molar-refractivity contribution in [3.8, 4) is 0 Å². The summed E-state index contributed by atoms with van der Waals surface area (Å²) < 4.78 is 7.94. The Morgan fingerprint density at radius 2 is 1.93 bits per heavy atom. The molecule has 210 valence electrons. The molecule has 6 heterocycles. The molecular formula is C33H34N4O4. The van der Waals surface area contributed by atoms with Crippen molar-refractivity contribution in [1.82, 2.24) is 19.9 Å². The lowest BCUT2D eigenvalue weighted by Crippen LogP contribution is -2.36. The van der Waals surface area contributed by atoms with E-state index in [1.807, 2.05) is 40.8 Å². The Morgan fingerprint density at radius 1 is 1.05 bits per heavy atom. The Labute approximate surface area is 238 Å². The van der Waals surface area contributed by atoms with Gasteiger partial charge in [-0.1, -0.05) is 41.6 Å². The van der Waals surface area contributed by atoms with Crippen LogP contribution in [0.1, 0.15) is 86.8 Å². The number of amides is 1. The molecule has 1 aromatic heterocycles. The van der Waals surface area contributed by atoms with Gasteiger partial charge in [0.25, 0.3) is 5.91 Å². The average Bonchev–Trinajstić information content (AvgIpc) is 3.74. The van der Waals surface area contributed by atoms with E-state index in [9.17, 15) is 14.7 Å². The van der Waals surface area contributed by atoms with Gasteiger partial charge in [-0.05, 0) is 89.6 Å².